The van der Waals surface area contributed by atoms with Crippen molar-refractivity contribution in [2.45, 2.75) is 53.2 Å². The van der Waals surface area contributed by atoms with Crippen LogP contribution in [0.25, 0.3) is 0 Å². The van der Waals surface area contributed by atoms with Gasteiger partial charge in [-0.3, -0.25) is 0 Å². The minimum absolute atomic E-state index is 0.119. The van der Waals surface area contributed by atoms with Gasteiger partial charge in [0, 0.05) is 12.6 Å². The highest BCUT2D eigenvalue weighted by atomic mass is 32.1. The fourth-order valence-electron chi connectivity index (χ4n) is 2.86. The second-order valence-electron chi connectivity index (χ2n) is 5.59. The van der Waals surface area contributed by atoms with Crippen molar-refractivity contribution in [2.24, 2.45) is 11.8 Å². The lowest BCUT2D eigenvalue weighted by molar-refractivity contribution is 0.284. The number of thiazole rings is 1. The first-order valence-electron chi connectivity index (χ1n) is 6.92. The van der Waals surface area contributed by atoms with Crippen LogP contribution in [-0.4, -0.2) is 22.7 Å². The van der Waals surface area contributed by atoms with Crippen molar-refractivity contribution in [1.82, 2.24) is 4.98 Å². The average molecular weight is 268 g/mol. The number of nitrogens with zero attached hydrogens (tertiary/aromatic N) is 2. The number of piperidine rings is 1. The van der Waals surface area contributed by atoms with Crippen LogP contribution in [0.4, 0.5) is 5.13 Å². The Balaban J connectivity index is 2.26. The van der Waals surface area contributed by atoms with Gasteiger partial charge in [-0.15, -0.1) is 0 Å². The molecule has 0 amide bonds. The molecule has 1 saturated heterocycles. The van der Waals surface area contributed by atoms with Crippen LogP contribution < -0.4 is 4.90 Å². The molecule has 0 spiro atoms. The van der Waals surface area contributed by atoms with Gasteiger partial charge in [0.25, 0.3) is 0 Å². The largest absolute Gasteiger partial charge is 0.391 e. The summed E-state index contributed by atoms with van der Waals surface area (Å²) in [4.78, 5) is 8.19. The van der Waals surface area contributed by atoms with E-state index in [9.17, 15) is 5.11 Å². The van der Waals surface area contributed by atoms with E-state index in [1.165, 1.54) is 6.42 Å². The van der Waals surface area contributed by atoms with Gasteiger partial charge in [0.05, 0.1) is 17.2 Å². The molecule has 0 aliphatic carbocycles. The normalized spacial score (nSPS) is 28.7. The van der Waals surface area contributed by atoms with E-state index in [0.29, 0.717) is 12.0 Å². The first-order chi connectivity index (χ1) is 8.56. The minimum atomic E-state index is 0.119. The third-order valence-corrected chi connectivity index (χ3v) is 5.21. The molecule has 0 bridgehead atoms. The summed E-state index contributed by atoms with van der Waals surface area (Å²) in [5, 5.41) is 10.5. The first-order valence-corrected chi connectivity index (χ1v) is 7.74. The molecule has 0 aromatic carbocycles. The van der Waals surface area contributed by atoms with Crippen molar-refractivity contribution in [3.63, 3.8) is 0 Å². The SMILES string of the molecule is CCc1nc(N2CC(C)CC(C)C2C)sc1CO. The molecule has 102 valence electrons. The van der Waals surface area contributed by atoms with Crippen LogP contribution in [0.2, 0.25) is 0 Å². The van der Waals surface area contributed by atoms with Gasteiger partial charge in [-0.2, -0.15) is 0 Å². The second kappa shape index (κ2) is 5.57. The fourth-order valence-corrected chi connectivity index (χ4v) is 3.97. The van der Waals surface area contributed by atoms with E-state index >= 15 is 0 Å². The van der Waals surface area contributed by atoms with Gasteiger partial charge < -0.3 is 10.0 Å². The van der Waals surface area contributed by atoms with Gasteiger partial charge in [0.15, 0.2) is 5.13 Å². The third-order valence-electron chi connectivity index (χ3n) is 4.09. The standard InChI is InChI=1S/C14H24N2OS/c1-5-12-13(8-17)18-14(15-12)16-7-9(2)6-10(3)11(16)4/h9-11,17H,5-8H2,1-4H3. The molecular weight excluding hydrogens is 244 g/mol. The number of hydrogen-bond donors (Lipinski definition) is 1. The number of aliphatic hydroxyl groups excluding tert-OH is 1. The number of aryl methyl sites for hydroxylation is 1. The minimum Gasteiger partial charge on any atom is -0.391 e. The van der Waals surface area contributed by atoms with Crippen LogP contribution in [-0.2, 0) is 13.0 Å². The Kier molecular flexibility index (Phi) is 4.28. The Morgan fingerprint density at radius 3 is 2.67 bits per heavy atom. The van der Waals surface area contributed by atoms with E-state index in [4.69, 9.17) is 4.98 Å². The van der Waals surface area contributed by atoms with Crippen molar-refractivity contribution in [1.29, 1.82) is 0 Å². The van der Waals surface area contributed by atoms with Crippen molar-refractivity contribution in [3.8, 4) is 0 Å². The zero-order valence-electron chi connectivity index (χ0n) is 11.8. The molecule has 3 atom stereocenters. The van der Waals surface area contributed by atoms with Gasteiger partial charge in [0.2, 0.25) is 0 Å². The summed E-state index contributed by atoms with van der Waals surface area (Å²) in [7, 11) is 0. The van der Waals surface area contributed by atoms with Crippen LogP contribution in [0.1, 0.15) is 44.7 Å². The van der Waals surface area contributed by atoms with E-state index in [-0.39, 0.29) is 6.61 Å². The van der Waals surface area contributed by atoms with Gasteiger partial charge in [-0.1, -0.05) is 32.1 Å². The average Bonchev–Trinajstić information content (AvgIpc) is 2.76. The first kappa shape index (κ1) is 13.8. The molecule has 3 nitrogen and oxygen atoms in total. The molecule has 3 unspecified atom stereocenters. The number of aliphatic hydroxyl groups is 1. The summed E-state index contributed by atoms with van der Waals surface area (Å²) in [6, 6.07) is 0.545. The molecule has 1 aromatic heterocycles. The fraction of sp³-hybridized carbons (Fsp3) is 0.786. The van der Waals surface area contributed by atoms with Crippen LogP contribution in [0, 0.1) is 11.8 Å². The van der Waals surface area contributed by atoms with E-state index < -0.39 is 0 Å². The van der Waals surface area contributed by atoms with Crippen LogP contribution in [0.3, 0.4) is 0 Å². The molecule has 1 aromatic rings. The summed E-state index contributed by atoms with van der Waals surface area (Å²) in [5.74, 6) is 1.43. The van der Waals surface area contributed by atoms with Gasteiger partial charge >= 0.3 is 0 Å². The third kappa shape index (κ3) is 2.54. The predicted octanol–water partition coefficient (Wildman–Crippen LogP) is 3.07. The molecule has 1 N–H and O–H groups in total. The van der Waals surface area contributed by atoms with Gasteiger partial charge in [0.1, 0.15) is 0 Å². The molecule has 2 rings (SSSR count). The van der Waals surface area contributed by atoms with E-state index in [2.05, 4.69) is 32.6 Å². The number of hydrogen-bond acceptors (Lipinski definition) is 4. The summed E-state index contributed by atoms with van der Waals surface area (Å²) in [6.45, 7) is 10.2. The van der Waals surface area contributed by atoms with Crippen LogP contribution in [0.5, 0.6) is 0 Å². The number of aromatic nitrogens is 1. The van der Waals surface area contributed by atoms with E-state index in [1.54, 1.807) is 11.3 Å². The maximum Gasteiger partial charge on any atom is 0.186 e. The maximum atomic E-state index is 9.38. The Labute approximate surface area is 114 Å². The van der Waals surface area contributed by atoms with Crippen molar-refractivity contribution >= 4 is 16.5 Å². The lowest BCUT2D eigenvalue weighted by Gasteiger charge is -2.41. The Morgan fingerprint density at radius 2 is 2.11 bits per heavy atom. The Bertz CT molecular complexity index is 383. The monoisotopic (exact) mass is 268 g/mol. The molecule has 1 fully saturated rings. The molecule has 18 heavy (non-hydrogen) atoms. The van der Waals surface area contributed by atoms with Crippen LogP contribution >= 0.6 is 11.3 Å². The summed E-state index contributed by atoms with van der Waals surface area (Å²) >= 11 is 1.66. The van der Waals surface area contributed by atoms with Crippen LogP contribution in [0.15, 0.2) is 0 Å². The van der Waals surface area contributed by atoms with Crippen molar-refractivity contribution in [3.05, 3.63) is 10.6 Å². The maximum absolute atomic E-state index is 9.38. The lowest BCUT2D eigenvalue weighted by Crippen LogP contribution is -2.45. The van der Waals surface area contributed by atoms with Gasteiger partial charge in [-0.05, 0) is 31.6 Å². The molecule has 0 radical (unpaired) electrons. The highest BCUT2D eigenvalue weighted by Gasteiger charge is 2.30. The molecule has 0 saturated carbocycles. The Morgan fingerprint density at radius 1 is 1.39 bits per heavy atom. The quantitative estimate of drug-likeness (QED) is 0.915. The molecule has 2 heterocycles. The van der Waals surface area contributed by atoms with Crippen molar-refractivity contribution in [2.75, 3.05) is 11.4 Å². The topological polar surface area (TPSA) is 36.4 Å². The smallest absolute Gasteiger partial charge is 0.186 e. The highest BCUT2D eigenvalue weighted by molar-refractivity contribution is 7.15. The summed E-state index contributed by atoms with van der Waals surface area (Å²) in [6.07, 6.45) is 2.20. The molecular formula is C14H24N2OS. The second-order valence-corrected chi connectivity index (χ2v) is 6.65. The number of rotatable bonds is 3. The molecule has 1 aliphatic rings. The van der Waals surface area contributed by atoms with Crippen molar-refractivity contribution < 1.29 is 5.11 Å². The Hall–Kier alpha value is -0.610. The highest BCUT2D eigenvalue weighted by Crippen LogP contribution is 2.35. The predicted molar refractivity (Wildman–Crippen MR) is 77.2 cm³/mol. The van der Waals surface area contributed by atoms with Gasteiger partial charge in [-0.25, -0.2) is 4.98 Å². The van der Waals surface area contributed by atoms with E-state index in [1.807, 2.05) is 0 Å². The zero-order valence-corrected chi connectivity index (χ0v) is 12.6. The molecule has 1 aliphatic heterocycles. The summed E-state index contributed by atoms with van der Waals surface area (Å²) in [5.41, 5.74) is 1.07. The summed E-state index contributed by atoms with van der Waals surface area (Å²) < 4.78 is 0. The number of anilines is 1. The lowest BCUT2D eigenvalue weighted by atomic mass is 9.86. The molecule has 4 heteroatoms. The van der Waals surface area contributed by atoms with E-state index in [0.717, 1.165) is 34.6 Å². The zero-order chi connectivity index (χ0) is 13.3.